The molecule has 1 aliphatic rings. The smallest absolute Gasteiger partial charge is 0.161 e. The molecule has 2 atom stereocenters. The Kier molecular flexibility index (Phi) is 5.76. The summed E-state index contributed by atoms with van der Waals surface area (Å²) in [5.74, 6) is 2.17. The zero-order valence-electron chi connectivity index (χ0n) is 14.4. The molecule has 3 rings (SSSR count). The second kappa shape index (κ2) is 8.20. The Labute approximate surface area is 144 Å². The molecule has 0 aromatic heterocycles. The summed E-state index contributed by atoms with van der Waals surface area (Å²) in [6.45, 7) is 0.545. The second-order valence-corrected chi connectivity index (χ2v) is 6.67. The molecular formula is C21H27NO2. The summed E-state index contributed by atoms with van der Waals surface area (Å²) < 4.78 is 11.5. The molecule has 0 aliphatic heterocycles. The molecule has 2 unspecified atom stereocenters. The summed E-state index contributed by atoms with van der Waals surface area (Å²) >= 11 is 0. The van der Waals surface area contributed by atoms with E-state index in [2.05, 4.69) is 24.3 Å². The lowest BCUT2D eigenvalue weighted by atomic mass is 9.81. The van der Waals surface area contributed by atoms with Gasteiger partial charge in [-0.15, -0.1) is 0 Å². The average molecular weight is 325 g/mol. The van der Waals surface area contributed by atoms with Crippen molar-refractivity contribution in [2.45, 2.75) is 44.8 Å². The van der Waals surface area contributed by atoms with Crippen molar-refractivity contribution in [3.63, 3.8) is 0 Å². The van der Waals surface area contributed by atoms with Crippen molar-refractivity contribution in [1.29, 1.82) is 0 Å². The molecule has 24 heavy (non-hydrogen) atoms. The molecule has 1 saturated carbocycles. The molecule has 3 nitrogen and oxygen atoms in total. The molecule has 1 fully saturated rings. The van der Waals surface area contributed by atoms with Crippen LogP contribution in [0.15, 0.2) is 48.5 Å². The van der Waals surface area contributed by atoms with E-state index in [1.165, 1.54) is 24.8 Å². The van der Waals surface area contributed by atoms with Gasteiger partial charge in [0.1, 0.15) is 6.61 Å². The minimum Gasteiger partial charge on any atom is -0.493 e. The minimum atomic E-state index is 0.328. The molecule has 2 aromatic rings. The van der Waals surface area contributed by atoms with Gasteiger partial charge in [0.05, 0.1) is 7.11 Å². The molecule has 1 aliphatic carbocycles. The third-order valence-electron chi connectivity index (χ3n) is 4.93. The molecule has 2 N–H and O–H groups in total. The quantitative estimate of drug-likeness (QED) is 0.859. The molecule has 0 spiro atoms. The average Bonchev–Trinajstić information content (AvgIpc) is 2.63. The van der Waals surface area contributed by atoms with Gasteiger partial charge in [0.15, 0.2) is 11.5 Å². The third kappa shape index (κ3) is 4.30. The van der Waals surface area contributed by atoms with E-state index in [9.17, 15) is 0 Å². The van der Waals surface area contributed by atoms with E-state index in [1.54, 1.807) is 7.11 Å². The van der Waals surface area contributed by atoms with Crippen LogP contribution >= 0.6 is 0 Å². The summed E-state index contributed by atoms with van der Waals surface area (Å²) in [4.78, 5) is 0. The zero-order valence-corrected chi connectivity index (χ0v) is 14.4. The van der Waals surface area contributed by atoms with Crippen molar-refractivity contribution in [3.05, 3.63) is 59.7 Å². The van der Waals surface area contributed by atoms with Gasteiger partial charge in [0, 0.05) is 6.04 Å². The van der Waals surface area contributed by atoms with Crippen LogP contribution in [0.2, 0.25) is 0 Å². The van der Waals surface area contributed by atoms with Gasteiger partial charge in [0.2, 0.25) is 0 Å². The molecule has 0 amide bonds. The highest BCUT2D eigenvalue weighted by atomic mass is 16.5. The van der Waals surface area contributed by atoms with Crippen molar-refractivity contribution >= 4 is 0 Å². The van der Waals surface area contributed by atoms with Crippen molar-refractivity contribution in [1.82, 2.24) is 0 Å². The van der Waals surface area contributed by atoms with Crippen molar-refractivity contribution < 1.29 is 9.47 Å². The maximum atomic E-state index is 6.30. The topological polar surface area (TPSA) is 44.5 Å². The fourth-order valence-corrected chi connectivity index (χ4v) is 3.49. The van der Waals surface area contributed by atoms with Gasteiger partial charge < -0.3 is 15.2 Å². The van der Waals surface area contributed by atoms with Crippen LogP contribution in [0.5, 0.6) is 11.5 Å². The molecule has 2 aromatic carbocycles. The van der Waals surface area contributed by atoms with Crippen LogP contribution in [-0.4, -0.2) is 13.2 Å². The van der Waals surface area contributed by atoms with Crippen LogP contribution in [0.25, 0.3) is 0 Å². The third-order valence-corrected chi connectivity index (χ3v) is 4.93. The van der Waals surface area contributed by atoms with E-state index in [4.69, 9.17) is 15.2 Å². The van der Waals surface area contributed by atoms with Gasteiger partial charge in [-0.3, -0.25) is 0 Å². The Hall–Kier alpha value is -2.00. The predicted octanol–water partition coefficient (Wildman–Crippen LogP) is 4.33. The van der Waals surface area contributed by atoms with Crippen LogP contribution in [-0.2, 0) is 13.0 Å². The maximum absolute atomic E-state index is 6.30. The predicted molar refractivity (Wildman–Crippen MR) is 97.4 cm³/mol. The molecular weight excluding hydrogens is 298 g/mol. The van der Waals surface area contributed by atoms with Crippen LogP contribution < -0.4 is 15.2 Å². The fourth-order valence-electron chi connectivity index (χ4n) is 3.49. The first kappa shape index (κ1) is 16.8. The number of methoxy groups -OCH3 is 1. The largest absolute Gasteiger partial charge is 0.493 e. The number of hydrogen-bond donors (Lipinski definition) is 1. The van der Waals surface area contributed by atoms with Gasteiger partial charge >= 0.3 is 0 Å². The first-order valence-electron chi connectivity index (χ1n) is 8.85. The lowest BCUT2D eigenvalue weighted by Gasteiger charge is -2.28. The first-order valence-corrected chi connectivity index (χ1v) is 8.85. The maximum Gasteiger partial charge on any atom is 0.161 e. The summed E-state index contributed by atoms with van der Waals surface area (Å²) in [7, 11) is 1.68. The van der Waals surface area contributed by atoms with Crippen LogP contribution in [0.1, 0.15) is 36.8 Å². The van der Waals surface area contributed by atoms with Gasteiger partial charge in [0.25, 0.3) is 0 Å². The lowest BCUT2D eigenvalue weighted by Crippen LogP contribution is -2.34. The molecule has 0 bridgehead atoms. The standard InChI is InChI=1S/C21H27NO2/c1-23-20-12-11-17(13-18-9-5-6-10-19(18)22)14-21(20)24-15-16-7-3-2-4-8-16/h2-4,7-8,11-12,14,18-19H,5-6,9-10,13,15,22H2,1H3. The van der Waals surface area contributed by atoms with E-state index in [1.807, 2.05) is 24.3 Å². The number of ether oxygens (including phenoxy) is 2. The fraction of sp³-hybridized carbons (Fsp3) is 0.429. The number of rotatable bonds is 6. The number of benzene rings is 2. The SMILES string of the molecule is COc1ccc(CC2CCCCC2N)cc1OCc1ccccc1. The Morgan fingerprint density at radius 1 is 0.958 bits per heavy atom. The number of nitrogens with two attached hydrogens (primary N) is 1. The van der Waals surface area contributed by atoms with Crippen molar-refractivity contribution in [3.8, 4) is 11.5 Å². The van der Waals surface area contributed by atoms with Gasteiger partial charge in [-0.25, -0.2) is 0 Å². The highest BCUT2D eigenvalue weighted by molar-refractivity contribution is 5.43. The molecule has 128 valence electrons. The highest BCUT2D eigenvalue weighted by Crippen LogP contribution is 2.32. The van der Waals surface area contributed by atoms with Crippen molar-refractivity contribution in [2.24, 2.45) is 11.7 Å². The Morgan fingerprint density at radius 2 is 1.75 bits per heavy atom. The van der Waals surface area contributed by atoms with Crippen LogP contribution in [0.3, 0.4) is 0 Å². The highest BCUT2D eigenvalue weighted by Gasteiger charge is 2.22. The lowest BCUT2D eigenvalue weighted by molar-refractivity contribution is 0.282. The van der Waals surface area contributed by atoms with Gasteiger partial charge in [-0.1, -0.05) is 49.2 Å². The zero-order chi connectivity index (χ0) is 16.8. The summed E-state index contributed by atoms with van der Waals surface area (Å²) in [5.41, 5.74) is 8.73. The molecule has 0 saturated heterocycles. The summed E-state index contributed by atoms with van der Waals surface area (Å²) in [6, 6.07) is 16.8. The molecule has 0 heterocycles. The van der Waals surface area contributed by atoms with Crippen LogP contribution in [0, 0.1) is 5.92 Å². The van der Waals surface area contributed by atoms with Crippen LogP contribution in [0.4, 0.5) is 0 Å². The monoisotopic (exact) mass is 325 g/mol. The first-order chi connectivity index (χ1) is 11.8. The van der Waals surface area contributed by atoms with Crippen molar-refractivity contribution in [2.75, 3.05) is 7.11 Å². The Bertz CT molecular complexity index is 642. The minimum absolute atomic E-state index is 0.328. The number of hydrogen-bond acceptors (Lipinski definition) is 3. The van der Waals surface area contributed by atoms with Gasteiger partial charge in [-0.2, -0.15) is 0 Å². The Morgan fingerprint density at radius 3 is 2.50 bits per heavy atom. The summed E-state index contributed by atoms with van der Waals surface area (Å²) in [6.07, 6.45) is 5.97. The summed E-state index contributed by atoms with van der Waals surface area (Å²) in [5, 5.41) is 0. The second-order valence-electron chi connectivity index (χ2n) is 6.67. The van der Waals surface area contributed by atoms with E-state index < -0.39 is 0 Å². The van der Waals surface area contributed by atoms with E-state index in [-0.39, 0.29) is 0 Å². The molecule has 0 radical (unpaired) electrons. The van der Waals surface area contributed by atoms with E-state index >= 15 is 0 Å². The van der Waals surface area contributed by atoms with Gasteiger partial charge in [-0.05, 0) is 48.4 Å². The Balaban J connectivity index is 1.70. The normalized spacial score (nSPS) is 20.6. The van der Waals surface area contributed by atoms with E-state index in [0.29, 0.717) is 18.6 Å². The van der Waals surface area contributed by atoms with E-state index in [0.717, 1.165) is 29.9 Å². The molecule has 3 heteroatoms.